The number of ether oxygens (including phenoxy) is 1. The highest BCUT2D eigenvalue weighted by molar-refractivity contribution is 5.89. The molecule has 4 heteroatoms. The summed E-state index contributed by atoms with van der Waals surface area (Å²) in [6.45, 7) is 2.12. The van der Waals surface area contributed by atoms with Gasteiger partial charge in [0.05, 0.1) is 17.9 Å². The first-order valence-electron chi connectivity index (χ1n) is 6.27. The van der Waals surface area contributed by atoms with E-state index in [1.54, 1.807) is 55.5 Å². The van der Waals surface area contributed by atoms with Crippen molar-refractivity contribution in [3.63, 3.8) is 0 Å². The molecule has 0 aliphatic carbocycles. The minimum absolute atomic E-state index is 0.338. The molecule has 1 heterocycles. The zero-order chi connectivity index (χ0) is 14.4. The van der Waals surface area contributed by atoms with Crippen LogP contribution >= 0.6 is 0 Å². The minimum Gasteiger partial charge on any atom is -0.462 e. The van der Waals surface area contributed by atoms with Crippen molar-refractivity contribution < 1.29 is 13.9 Å². The second-order valence-electron chi connectivity index (χ2n) is 4.06. The van der Waals surface area contributed by atoms with Gasteiger partial charge in [-0.25, -0.2) is 9.78 Å². The van der Waals surface area contributed by atoms with Gasteiger partial charge in [0, 0.05) is 0 Å². The van der Waals surface area contributed by atoms with Gasteiger partial charge in [0.25, 0.3) is 0 Å². The lowest BCUT2D eigenvalue weighted by Crippen LogP contribution is -2.03. The molecule has 0 saturated carbocycles. The van der Waals surface area contributed by atoms with Gasteiger partial charge in [-0.3, -0.25) is 0 Å². The van der Waals surface area contributed by atoms with E-state index in [2.05, 4.69) is 4.98 Å². The SMILES string of the molecule is CCOC(=O)c1ccc(/C=C/c2cccc(F)n2)cc1. The van der Waals surface area contributed by atoms with E-state index >= 15 is 0 Å². The molecular weight excluding hydrogens is 257 g/mol. The third-order valence-corrected chi connectivity index (χ3v) is 2.61. The lowest BCUT2D eigenvalue weighted by molar-refractivity contribution is 0.0526. The molecule has 1 aromatic carbocycles. The van der Waals surface area contributed by atoms with Crippen LogP contribution in [0.5, 0.6) is 0 Å². The number of rotatable bonds is 4. The van der Waals surface area contributed by atoms with E-state index in [4.69, 9.17) is 4.74 Å². The molecule has 0 fully saturated rings. The molecule has 20 heavy (non-hydrogen) atoms. The first-order chi connectivity index (χ1) is 9.69. The number of nitrogens with zero attached hydrogens (tertiary/aromatic N) is 1. The Labute approximate surface area is 116 Å². The fourth-order valence-electron chi connectivity index (χ4n) is 1.64. The lowest BCUT2D eigenvalue weighted by Gasteiger charge is -2.01. The van der Waals surface area contributed by atoms with Crippen molar-refractivity contribution in [2.75, 3.05) is 6.61 Å². The smallest absolute Gasteiger partial charge is 0.338 e. The number of esters is 1. The van der Waals surface area contributed by atoms with Crippen LogP contribution in [0.3, 0.4) is 0 Å². The number of hydrogen-bond donors (Lipinski definition) is 0. The number of carbonyl (C=O) groups is 1. The largest absolute Gasteiger partial charge is 0.462 e. The highest BCUT2D eigenvalue weighted by Gasteiger charge is 2.04. The van der Waals surface area contributed by atoms with Crippen LogP contribution in [0, 0.1) is 5.95 Å². The summed E-state index contributed by atoms with van der Waals surface area (Å²) in [5.74, 6) is -0.848. The van der Waals surface area contributed by atoms with Crippen molar-refractivity contribution in [2.45, 2.75) is 6.92 Å². The summed E-state index contributed by atoms with van der Waals surface area (Å²) in [5, 5.41) is 0. The number of pyridine rings is 1. The zero-order valence-electron chi connectivity index (χ0n) is 11.0. The van der Waals surface area contributed by atoms with E-state index in [1.807, 2.05) is 0 Å². The summed E-state index contributed by atoms with van der Waals surface area (Å²) >= 11 is 0. The van der Waals surface area contributed by atoms with Crippen molar-refractivity contribution in [1.29, 1.82) is 0 Å². The summed E-state index contributed by atoms with van der Waals surface area (Å²) in [4.78, 5) is 15.2. The second-order valence-corrected chi connectivity index (χ2v) is 4.06. The van der Waals surface area contributed by atoms with Crippen molar-refractivity contribution in [2.24, 2.45) is 0 Å². The van der Waals surface area contributed by atoms with Crippen LogP contribution in [-0.2, 0) is 4.74 Å². The maximum absolute atomic E-state index is 12.9. The fourth-order valence-corrected chi connectivity index (χ4v) is 1.64. The Morgan fingerprint density at radius 1 is 1.20 bits per heavy atom. The Balaban J connectivity index is 2.09. The summed E-state index contributed by atoms with van der Waals surface area (Å²) in [6.07, 6.45) is 3.51. The molecule has 0 aliphatic heterocycles. The second kappa shape index (κ2) is 6.61. The normalized spacial score (nSPS) is 10.7. The molecule has 0 spiro atoms. The van der Waals surface area contributed by atoms with Gasteiger partial charge in [-0.1, -0.05) is 24.3 Å². The van der Waals surface area contributed by atoms with Gasteiger partial charge in [-0.15, -0.1) is 0 Å². The summed E-state index contributed by atoms with van der Waals surface area (Å²) in [6, 6.07) is 11.6. The summed E-state index contributed by atoms with van der Waals surface area (Å²) < 4.78 is 17.8. The average Bonchev–Trinajstić information content (AvgIpc) is 2.46. The van der Waals surface area contributed by atoms with E-state index in [-0.39, 0.29) is 5.97 Å². The maximum atomic E-state index is 12.9. The standard InChI is InChI=1S/C16H14FNO2/c1-2-20-16(19)13-9-6-12(7-10-13)8-11-14-4-3-5-15(17)18-14/h3-11H,2H2,1H3/b11-8+. The molecule has 0 N–H and O–H groups in total. The Kier molecular flexibility index (Phi) is 4.60. The third-order valence-electron chi connectivity index (χ3n) is 2.61. The quantitative estimate of drug-likeness (QED) is 0.630. The van der Waals surface area contributed by atoms with Crippen LogP contribution in [0.1, 0.15) is 28.5 Å². The van der Waals surface area contributed by atoms with Crippen LogP contribution in [-0.4, -0.2) is 17.6 Å². The molecule has 2 rings (SSSR count). The van der Waals surface area contributed by atoms with E-state index in [1.165, 1.54) is 6.07 Å². The van der Waals surface area contributed by atoms with Crippen LogP contribution in [0.2, 0.25) is 0 Å². The molecule has 0 radical (unpaired) electrons. The van der Waals surface area contributed by atoms with Crippen LogP contribution in [0.15, 0.2) is 42.5 Å². The molecule has 1 aromatic heterocycles. The topological polar surface area (TPSA) is 39.2 Å². The minimum atomic E-state index is -0.509. The maximum Gasteiger partial charge on any atom is 0.338 e. The Morgan fingerprint density at radius 3 is 2.60 bits per heavy atom. The van der Waals surface area contributed by atoms with Gasteiger partial charge in [0.15, 0.2) is 0 Å². The predicted octanol–water partition coefficient (Wildman–Crippen LogP) is 3.57. The molecular formula is C16H14FNO2. The average molecular weight is 271 g/mol. The van der Waals surface area contributed by atoms with Gasteiger partial charge in [-0.2, -0.15) is 4.39 Å². The number of hydrogen-bond acceptors (Lipinski definition) is 3. The van der Waals surface area contributed by atoms with Gasteiger partial charge in [0.1, 0.15) is 0 Å². The van der Waals surface area contributed by atoms with E-state index in [9.17, 15) is 9.18 Å². The van der Waals surface area contributed by atoms with Crippen molar-refractivity contribution in [1.82, 2.24) is 4.98 Å². The van der Waals surface area contributed by atoms with Crippen molar-refractivity contribution in [3.8, 4) is 0 Å². The zero-order valence-corrected chi connectivity index (χ0v) is 11.0. The van der Waals surface area contributed by atoms with E-state index < -0.39 is 5.95 Å². The summed E-state index contributed by atoms with van der Waals surface area (Å²) in [5.41, 5.74) is 1.94. The molecule has 2 aromatic rings. The molecule has 0 saturated heterocycles. The van der Waals surface area contributed by atoms with Gasteiger partial charge < -0.3 is 4.74 Å². The first kappa shape index (κ1) is 13.9. The molecule has 3 nitrogen and oxygen atoms in total. The van der Waals surface area contributed by atoms with E-state index in [0.29, 0.717) is 17.9 Å². The fraction of sp³-hybridized carbons (Fsp3) is 0.125. The molecule has 102 valence electrons. The number of carbonyl (C=O) groups excluding carboxylic acids is 1. The molecule has 0 aliphatic rings. The first-order valence-corrected chi connectivity index (χ1v) is 6.27. The van der Waals surface area contributed by atoms with E-state index in [0.717, 1.165) is 5.56 Å². The highest BCUT2D eigenvalue weighted by Crippen LogP contribution is 2.10. The lowest BCUT2D eigenvalue weighted by atomic mass is 10.1. The van der Waals surface area contributed by atoms with Gasteiger partial charge >= 0.3 is 5.97 Å². The molecule has 0 atom stereocenters. The number of benzene rings is 1. The third kappa shape index (κ3) is 3.75. The van der Waals surface area contributed by atoms with Crippen molar-refractivity contribution >= 4 is 18.1 Å². The Morgan fingerprint density at radius 2 is 1.95 bits per heavy atom. The van der Waals surface area contributed by atoms with Gasteiger partial charge in [-0.05, 0) is 42.8 Å². The number of aromatic nitrogens is 1. The summed E-state index contributed by atoms with van der Waals surface area (Å²) in [7, 11) is 0. The highest BCUT2D eigenvalue weighted by atomic mass is 19.1. The predicted molar refractivity (Wildman–Crippen MR) is 75.5 cm³/mol. The molecule has 0 amide bonds. The van der Waals surface area contributed by atoms with Crippen molar-refractivity contribution in [3.05, 3.63) is 65.2 Å². The molecule has 0 unspecified atom stereocenters. The Bertz CT molecular complexity index is 621. The molecule has 0 bridgehead atoms. The monoisotopic (exact) mass is 271 g/mol. The van der Waals surface area contributed by atoms with Crippen LogP contribution < -0.4 is 0 Å². The van der Waals surface area contributed by atoms with Crippen LogP contribution in [0.25, 0.3) is 12.2 Å². The van der Waals surface area contributed by atoms with Gasteiger partial charge in [0.2, 0.25) is 5.95 Å². The number of halogens is 1. The Hall–Kier alpha value is -2.49. The van der Waals surface area contributed by atoms with Crippen LogP contribution in [0.4, 0.5) is 4.39 Å².